The van der Waals surface area contributed by atoms with Crippen LogP contribution in [-0.2, 0) is 11.5 Å². The molecule has 1 unspecified atom stereocenters. The van der Waals surface area contributed by atoms with E-state index in [1.807, 2.05) is 0 Å². The van der Waals surface area contributed by atoms with Crippen LogP contribution in [0, 0.1) is 0 Å². The minimum absolute atomic E-state index is 0.384. The van der Waals surface area contributed by atoms with Gasteiger partial charge in [-0.15, -0.1) is 0 Å². The molecular formula is C18H11ClF5N3O. The molecule has 146 valence electrons. The molecule has 10 heteroatoms. The molecule has 0 fully saturated rings. The van der Waals surface area contributed by atoms with Crippen LogP contribution in [0.25, 0.3) is 11.1 Å². The van der Waals surface area contributed by atoms with Crippen molar-refractivity contribution in [1.82, 2.24) is 15.0 Å². The van der Waals surface area contributed by atoms with Crippen molar-refractivity contribution in [1.29, 1.82) is 0 Å². The standard InChI is InChI=1S/C18H11ClF5N3O/c19-14-4-1-11(2-5-14)12-3-6-15(27-7-12)17(20,21)16(28,18(22,23)24)13-8-25-10-26-9-13/h1-10,28H. The van der Waals surface area contributed by atoms with E-state index in [2.05, 4.69) is 15.0 Å². The van der Waals surface area contributed by atoms with Gasteiger partial charge in [0, 0.05) is 34.7 Å². The highest BCUT2D eigenvalue weighted by Gasteiger charge is 2.71. The van der Waals surface area contributed by atoms with E-state index in [0.717, 1.165) is 18.6 Å². The lowest BCUT2D eigenvalue weighted by atomic mass is 9.86. The van der Waals surface area contributed by atoms with Gasteiger partial charge in [-0.05, 0) is 23.8 Å². The highest BCUT2D eigenvalue weighted by atomic mass is 35.5. The van der Waals surface area contributed by atoms with Crippen molar-refractivity contribution >= 4 is 11.6 Å². The molecular weight excluding hydrogens is 405 g/mol. The van der Waals surface area contributed by atoms with Crippen LogP contribution in [0.3, 0.4) is 0 Å². The molecule has 0 aliphatic heterocycles. The van der Waals surface area contributed by atoms with E-state index in [4.69, 9.17) is 11.6 Å². The Hall–Kier alpha value is -2.65. The second-order valence-electron chi connectivity index (χ2n) is 5.85. The summed E-state index contributed by atoms with van der Waals surface area (Å²) in [6, 6.07) is 8.24. The van der Waals surface area contributed by atoms with Crippen molar-refractivity contribution in [3.05, 3.63) is 77.6 Å². The van der Waals surface area contributed by atoms with Gasteiger partial charge < -0.3 is 5.11 Å². The minimum Gasteiger partial charge on any atom is -0.371 e. The van der Waals surface area contributed by atoms with Gasteiger partial charge in [-0.1, -0.05) is 29.8 Å². The summed E-state index contributed by atoms with van der Waals surface area (Å²) in [6.07, 6.45) is -2.91. The van der Waals surface area contributed by atoms with Crippen LogP contribution >= 0.6 is 11.6 Å². The van der Waals surface area contributed by atoms with Crippen LogP contribution in [0.4, 0.5) is 22.0 Å². The molecule has 0 aliphatic carbocycles. The first kappa shape index (κ1) is 20.1. The fraction of sp³-hybridized carbons (Fsp3) is 0.167. The highest BCUT2D eigenvalue weighted by Crippen LogP contribution is 2.53. The summed E-state index contributed by atoms with van der Waals surface area (Å²) >= 11 is 5.78. The fourth-order valence-electron chi connectivity index (χ4n) is 2.59. The quantitative estimate of drug-likeness (QED) is 0.626. The largest absolute Gasteiger partial charge is 0.428 e. The molecule has 0 saturated heterocycles. The van der Waals surface area contributed by atoms with Gasteiger partial charge in [0.1, 0.15) is 12.0 Å². The lowest BCUT2D eigenvalue weighted by molar-refractivity contribution is -0.346. The van der Waals surface area contributed by atoms with Crippen molar-refractivity contribution in [2.24, 2.45) is 0 Å². The van der Waals surface area contributed by atoms with Crippen LogP contribution < -0.4 is 0 Å². The normalized spacial score (nSPS) is 14.5. The SMILES string of the molecule is OC(c1cncnc1)(C(F)(F)F)C(F)(F)c1ccc(-c2ccc(Cl)cc2)cn1. The summed E-state index contributed by atoms with van der Waals surface area (Å²) in [5, 5.41) is 10.6. The number of pyridine rings is 1. The van der Waals surface area contributed by atoms with Gasteiger partial charge in [0.05, 0.1) is 0 Å². The predicted octanol–water partition coefficient (Wildman–Crippen LogP) is 4.73. The Kier molecular flexibility index (Phi) is 5.07. The average molecular weight is 416 g/mol. The summed E-state index contributed by atoms with van der Waals surface area (Å²) in [7, 11) is 0. The van der Waals surface area contributed by atoms with Crippen molar-refractivity contribution in [3.8, 4) is 11.1 Å². The fourth-order valence-corrected chi connectivity index (χ4v) is 2.71. The predicted molar refractivity (Wildman–Crippen MR) is 90.6 cm³/mol. The van der Waals surface area contributed by atoms with Crippen LogP contribution in [0.1, 0.15) is 11.3 Å². The molecule has 1 N–H and O–H groups in total. The van der Waals surface area contributed by atoms with E-state index >= 15 is 0 Å². The maximum absolute atomic E-state index is 14.9. The second-order valence-corrected chi connectivity index (χ2v) is 6.29. The molecule has 1 atom stereocenters. The van der Waals surface area contributed by atoms with Gasteiger partial charge in [-0.25, -0.2) is 9.97 Å². The topological polar surface area (TPSA) is 58.9 Å². The van der Waals surface area contributed by atoms with E-state index in [9.17, 15) is 27.1 Å². The lowest BCUT2D eigenvalue weighted by Gasteiger charge is -2.36. The van der Waals surface area contributed by atoms with Gasteiger partial charge in [0.25, 0.3) is 5.60 Å². The summed E-state index contributed by atoms with van der Waals surface area (Å²) < 4.78 is 70.3. The van der Waals surface area contributed by atoms with Crippen molar-refractivity contribution in [2.75, 3.05) is 0 Å². The van der Waals surface area contributed by atoms with E-state index in [-0.39, 0.29) is 0 Å². The number of aromatic nitrogens is 3. The molecule has 0 radical (unpaired) electrons. The molecule has 0 bridgehead atoms. The second kappa shape index (κ2) is 7.06. The van der Waals surface area contributed by atoms with Crippen LogP contribution in [0.2, 0.25) is 5.02 Å². The molecule has 0 amide bonds. The Balaban J connectivity index is 2.06. The molecule has 3 aromatic rings. The molecule has 0 aliphatic rings. The Morgan fingerprint density at radius 2 is 1.36 bits per heavy atom. The Labute approximate surface area is 160 Å². The monoisotopic (exact) mass is 415 g/mol. The zero-order chi connectivity index (χ0) is 20.6. The van der Waals surface area contributed by atoms with Gasteiger partial charge in [-0.3, -0.25) is 4.98 Å². The Bertz CT molecular complexity index is 950. The summed E-state index contributed by atoms with van der Waals surface area (Å²) in [5.41, 5.74) is -6.05. The third kappa shape index (κ3) is 3.31. The number of hydrogen-bond acceptors (Lipinski definition) is 4. The third-order valence-corrected chi connectivity index (χ3v) is 4.36. The number of nitrogens with zero attached hydrogens (tertiary/aromatic N) is 3. The summed E-state index contributed by atoms with van der Waals surface area (Å²) in [4.78, 5) is 10.1. The van der Waals surface area contributed by atoms with E-state index in [0.29, 0.717) is 28.5 Å². The van der Waals surface area contributed by atoms with Crippen LogP contribution in [0.5, 0.6) is 0 Å². The first-order valence-electron chi connectivity index (χ1n) is 7.72. The van der Waals surface area contributed by atoms with Crippen LogP contribution in [-0.4, -0.2) is 26.2 Å². The van der Waals surface area contributed by atoms with E-state index in [1.165, 1.54) is 6.07 Å². The molecule has 1 aromatic carbocycles. The van der Waals surface area contributed by atoms with E-state index < -0.39 is 29.0 Å². The maximum Gasteiger partial charge on any atom is 0.428 e. The maximum atomic E-state index is 14.9. The van der Waals surface area contributed by atoms with Gasteiger partial charge in [0.2, 0.25) is 0 Å². The number of hydrogen-bond donors (Lipinski definition) is 1. The average Bonchev–Trinajstić information content (AvgIpc) is 2.67. The van der Waals surface area contributed by atoms with Crippen molar-refractivity contribution in [3.63, 3.8) is 0 Å². The third-order valence-electron chi connectivity index (χ3n) is 4.11. The van der Waals surface area contributed by atoms with E-state index in [1.54, 1.807) is 24.3 Å². The number of alkyl halides is 5. The molecule has 2 aromatic heterocycles. The molecule has 2 heterocycles. The highest BCUT2D eigenvalue weighted by molar-refractivity contribution is 6.30. The molecule has 3 rings (SSSR count). The number of benzene rings is 1. The van der Waals surface area contributed by atoms with Gasteiger partial charge >= 0.3 is 12.1 Å². The first-order chi connectivity index (χ1) is 13.1. The smallest absolute Gasteiger partial charge is 0.371 e. The molecule has 4 nitrogen and oxygen atoms in total. The van der Waals surface area contributed by atoms with Gasteiger partial charge in [0.15, 0.2) is 0 Å². The molecule has 0 spiro atoms. The summed E-state index contributed by atoms with van der Waals surface area (Å²) in [5.74, 6) is -4.81. The Morgan fingerprint density at radius 1 is 0.786 bits per heavy atom. The zero-order valence-corrected chi connectivity index (χ0v) is 14.6. The molecule has 0 saturated carbocycles. The molecule has 28 heavy (non-hydrogen) atoms. The van der Waals surface area contributed by atoms with Crippen molar-refractivity contribution in [2.45, 2.75) is 17.7 Å². The lowest BCUT2D eigenvalue weighted by Crippen LogP contribution is -2.54. The van der Waals surface area contributed by atoms with Crippen LogP contribution in [0.15, 0.2) is 61.3 Å². The number of halogens is 6. The Morgan fingerprint density at radius 3 is 1.86 bits per heavy atom. The number of aliphatic hydroxyl groups is 1. The first-order valence-corrected chi connectivity index (χ1v) is 8.10. The van der Waals surface area contributed by atoms with Crippen molar-refractivity contribution < 1.29 is 27.1 Å². The summed E-state index contributed by atoms with van der Waals surface area (Å²) in [6.45, 7) is 0. The zero-order valence-electron chi connectivity index (χ0n) is 13.8. The van der Waals surface area contributed by atoms with Gasteiger partial charge in [-0.2, -0.15) is 22.0 Å². The minimum atomic E-state index is -5.72. The number of rotatable bonds is 4.